The van der Waals surface area contributed by atoms with Crippen LogP contribution < -0.4 is 0 Å². The Bertz CT molecular complexity index is 186. The van der Waals surface area contributed by atoms with E-state index in [-0.39, 0.29) is 6.10 Å². The lowest BCUT2D eigenvalue weighted by atomic mass is 10.1. The smallest absolute Gasteiger partial charge is 0.0759 e. The van der Waals surface area contributed by atoms with E-state index in [0.717, 1.165) is 19.3 Å². The molecule has 11 heavy (non-hydrogen) atoms. The van der Waals surface area contributed by atoms with E-state index < -0.39 is 0 Å². The van der Waals surface area contributed by atoms with Crippen molar-refractivity contribution in [2.24, 2.45) is 0 Å². The summed E-state index contributed by atoms with van der Waals surface area (Å²) in [6.45, 7) is 0. The minimum Gasteiger partial charge on any atom is -0.389 e. The van der Waals surface area contributed by atoms with Crippen LogP contribution in [0.1, 0.15) is 32.1 Å². The number of terminal acetylenes is 1. The monoisotopic (exact) mass is 150 g/mol. The number of aliphatic hydroxyl groups is 1. The van der Waals surface area contributed by atoms with Crippen LogP contribution in [-0.4, -0.2) is 11.2 Å². The van der Waals surface area contributed by atoms with E-state index in [1.54, 1.807) is 0 Å². The van der Waals surface area contributed by atoms with Crippen molar-refractivity contribution in [3.8, 4) is 12.3 Å². The normalized spacial score (nSPS) is 19.1. The molecule has 0 saturated heterocycles. The maximum Gasteiger partial charge on any atom is 0.0759 e. The summed E-state index contributed by atoms with van der Waals surface area (Å²) < 4.78 is 0. The van der Waals surface area contributed by atoms with Gasteiger partial charge in [-0.25, -0.2) is 0 Å². The Labute approximate surface area is 68.1 Å². The van der Waals surface area contributed by atoms with E-state index >= 15 is 0 Å². The predicted octanol–water partition coefficient (Wildman–Crippen LogP) is 1.87. The average Bonchev–Trinajstić information content (AvgIpc) is 2.52. The third-order valence-electron chi connectivity index (χ3n) is 2.07. The first-order chi connectivity index (χ1) is 5.34. The first kappa shape index (κ1) is 8.36. The van der Waals surface area contributed by atoms with Crippen LogP contribution in [0.15, 0.2) is 11.6 Å². The first-order valence-electron chi connectivity index (χ1n) is 4.15. The maximum atomic E-state index is 9.52. The van der Waals surface area contributed by atoms with E-state index in [4.69, 9.17) is 6.42 Å². The Balaban J connectivity index is 2.29. The number of aliphatic hydroxyl groups excluding tert-OH is 1. The molecule has 1 atom stereocenters. The van der Waals surface area contributed by atoms with Crippen molar-refractivity contribution in [3.63, 3.8) is 0 Å². The number of rotatable bonds is 3. The van der Waals surface area contributed by atoms with Crippen LogP contribution >= 0.6 is 0 Å². The Morgan fingerprint density at radius 2 is 2.55 bits per heavy atom. The van der Waals surface area contributed by atoms with E-state index in [9.17, 15) is 5.11 Å². The third kappa shape index (κ3) is 2.40. The molecular weight excluding hydrogens is 136 g/mol. The molecule has 1 aliphatic rings. The van der Waals surface area contributed by atoms with Crippen molar-refractivity contribution in [1.82, 2.24) is 0 Å². The van der Waals surface area contributed by atoms with Gasteiger partial charge in [-0.1, -0.05) is 6.08 Å². The fourth-order valence-electron chi connectivity index (χ4n) is 1.40. The topological polar surface area (TPSA) is 20.2 Å². The van der Waals surface area contributed by atoms with E-state index in [2.05, 4.69) is 12.0 Å². The van der Waals surface area contributed by atoms with E-state index in [1.165, 1.54) is 12.0 Å². The van der Waals surface area contributed by atoms with E-state index in [0.29, 0.717) is 6.42 Å². The summed E-state index contributed by atoms with van der Waals surface area (Å²) >= 11 is 0. The molecule has 0 spiro atoms. The molecule has 1 N–H and O–H groups in total. The largest absolute Gasteiger partial charge is 0.389 e. The van der Waals surface area contributed by atoms with Gasteiger partial charge in [0.15, 0.2) is 0 Å². The lowest BCUT2D eigenvalue weighted by Crippen LogP contribution is -2.07. The molecule has 1 rings (SSSR count). The molecule has 1 heteroatoms. The summed E-state index contributed by atoms with van der Waals surface area (Å²) in [4.78, 5) is 0. The Morgan fingerprint density at radius 3 is 3.09 bits per heavy atom. The number of allylic oxidation sites excluding steroid dienone is 1. The van der Waals surface area contributed by atoms with Gasteiger partial charge in [0.05, 0.1) is 6.10 Å². The zero-order valence-corrected chi connectivity index (χ0v) is 6.71. The number of hydrogen-bond acceptors (Lipinski definition) is 1. The van der Waals surface area contributed by atoms with Crippen molar-refractivity contribution in [1.29, 1.82) is 0 Å². The standard InChI is InChI=1S/C10H14O/c1-2-3-8-10(11)9-6-4-5-7-9/h1,6,10-11H,3-5,7-8H2/t10-/m1/s1. The van der Waals surface area contributed by atoms with Crippen LogP contribution in [0.2, 0.25) is 0 Å². The van der Waals surface area contributed by atoms with E-state index in [1.807, 2.05) is 0 Å². The highest BCUT2D eigenvalue weighted by Gasteiger charge is 2.12. The lowest BCUT2D eigenvalue weighted by Gasteiger charge is -2.08. The van der Waals surface area contributed by atoms with Crippen LogP contribution in [0.5, 0.6) is 0 Å². The zero-order valence-electron chi connectivity index (χ0n) is 6.71. The molecule has 0 aromatic heterocycles. The second-order valence-corrected chi connectivity index (χ2v) is 2.93. The molecule has 60 valence electrons. The molecule has 0 bridgehead atoms. The third-order valence-corrected chi connectivity index (χ3v) is 2.07. The highest BCUT2D eigenvalue weighted by molar-refractivity contribution is 5.12. The summed E-state index contributed by atoms with van der Waals surface area (Å²) in [6.07, 6.45) is 11.8. The Morgan fingerprint density at radius 1 is 1.73 bits per heavy atom. The van der Waals surface area contributed by atoms with Gasteiger partial charge >= 0.3 is 0 Å². The molecule has 0 aliphatic heterocycles. The van der Waals surface area contributed by atoms with Gasteiger partial charge in [-0.15, -0.1) is 12.3 Å². The van der Waals surface area contributed by atoms with Gasteiger partial charge in [-0.2, -0.15) is 0 Å². The fraction of sp³-hybridized carbons (Fsp3) is 0.600. The van der Waals surface area contributed by atoms with Gasteiger partial charge in [-0.3, -0.25) is 0 Å². The van der Waals surface area contributed by atoms with Gasteiger partial charge in [0.1, 0.15) is 0 Å². The summed E-state index contributed by atoms with van der Waals surface area (Å²) in [5.41, 5.74) is 1.19. The minimum atomic E-state index is -0.270. The van der Waals surface area contributed by atoms with Gasteiger partial charge in [0.2, 0.25) is 0 Å². The molecule has 0 radical (unpaired) electrons. The average molecular weight is 150 g/mol. The second-order valence-electron chi connectivity index (χ2n) is 2.93. The molecule has 0 heterocycles. The van der Waals surface area contributed by atoms with Gasteiger partial charge < -0.3 is 5.11 Å². The van der Waals surface area contributed by atoms with Crippen LogP contribution in [0.25, 0.3) is 0 Å². The molecule has 1 aliphatic carbocycles. The Hall–Kier alpha value is -0.740. The van der Waals surface area contributed by atoms with Crippen molar-refractivity contribution in [2.75, 3.05) is 0 Å². The van der Waals surface area contributed by atoms with Gasteiger partial charge in [-0.05, 0) is 31.3 Å². The first-order valence-corrected chi connectivity index (χ1v) is 4.15. The van der Waals surface area contributed by atoms with Gasteiger partial charge in [0.25, 0.3) is 0 Å². The molecule has 0 fully saturated rings. The number of hydrogen-bond donors (Lipinski definition) is 1. The van der Waals surface area contributed by atoms with Crippen molar-refractivity contribution in [3.05, 3.63) is 11.6 Å². The molecule has 0 amide bonds. The maximum absolute atomic E-state index is 9.52. The quantitative estimate of drug-likeness (QED) is 0.481. The van der Waals surface area contributed by atoms with Crippen molar-refractivity contribution >= 4 is 0 Å². The summed E-state index contributed by atoms with van der Waals surface area (Å²) in [6, 6.07) is 0. The molecular formula is C10H14O. The molecule has 0 unspecified atom stereocenters. The molecule has 0 aromatic rings. The summed E-state index contributed by atoms with van der Waals surface area (Å²) in [7, 11) is 0. The van der Waals surface area contributed by atoms with Crippen LogP contribution in [-0.2, 0) is 0 Å². The summed E-state index contributed by atoms with van der Waals surface area (Å²) in [5, 5.41) is 9.52. The van der Waals surface area contributed by atoms with Crippen molar-refractivity contribution in [2.45, 2.75) is 38.2 Å². The SMILES string of the molecule is C#CCC[C@@H](O)C1=CCCC1. The second kappa shape index (κ2) is 4.20. The lowest BCUT2D eigenvalue weighted by molar-refractivity contribution is 0.199. The van der Waals surface area contributed by atoms with Crippen LogP contribution in [0.4, 0.5) is 0 Å². The molecule has 0 saturated carbocycles. The zero-order chi connectivity index (χ0) is 8.10. The predicted molar refractivity (Wildman–Crippen MR) is 46.0 cm³/mol. The van der Waals surface area contributed by atoms with Crippen LogP contribution in [0.3, 0.4) is 0 Å². The summed E-state index contributed by atoms with van der Waals surface area (Å²) in [5.74, 6) is 2.53. The highest BCUT2D eigenvalue weighted by atomic mass is 16.3. The fourth-order valence-corrected chi connectivity index (χ4v) is 1.40. The molecule has 0 aromatic carbocycles. The van der Waals surface area contributed by atoms with Crippen molar-refractivity contribution < 1.29 is 5.11 Å². The van der Waals surface area contributed by atoms with Crippen LogP contribution in [0, 0.1) is 12.3 Å². The molecule has 1 nitrogen and oxygen atoms in total. The Kier molecular flexibility index (Phi) is 3.19. The minimum absolute atomic E-state index is 0.270. The highest BCUT2D eigenvalue weighted by Crippen LogP contribution is 2.22. The van der Waals surface area contributed by atoms with Gasteiger partial charge in [0, 0.05) is 6.42 Å².